The normalized spacial score (nSPS) is 9.95. The minimum Gasteiger partial charge on any atom is -0.497 e. The number of anilines is 1. The van der Waals surface area contributed by atoms with Gasteiger partial charge in [-0.25, -0.2) is 9.78 Å². The summed E-state index contributed by atoms with van der Waals surface area (Å²) in [4.78, 5) is 26.3. The molecular weight excluding hydrogens is 272 g/mol. The molecule has 1 heterocycles. The van der Waals surface area contributed by atoms with Crippen LogP contribution in [0.25, 0.3) is 0 Å². The third-order valence-corrected chi connectivity index (χ3v) is 2.77. The number of carbonyl (C=O) groups excluding carboxylic acids is 1. The summed E-state index contributed by atoms with van der Waals surface area (Å²) in [5, 5.41) is 11.4. The molecule has 2 rings (SSSR count). The molecule has 0 atom stereocenters. The van der Waals surface area contributed by atoms with Gasteiger partial charge in [-0.3, -0.25) is 4.79 Å². The number of benzene rings is 1. The van der Waals surface area contributed by atoms with Gasteiger partial charge < -0.3 is 15.2 Å². The Morgan fingerprint density at radius 3 is 2.71 bits per heavy atom. The standard InChI is InChI=1S/C15H14N2O4/c1-21-12-4-2-3-10(7-12)8-14(18)17-11-5-6-13(15(19)20)16-9-11/h2-7,9H,8H2,1H3,(H,17,18)(H,19,20). The van der Waals surface area contributed by atoms with Gasteiger partial charge in [-0.1, -0.05) is 12.1 Å². The zero-order chi connectivity index (χ0) is 15.2. The summed E-state index contributed by atoms with van der Waals surface area (Å²) in [6, 6.07) is 10.1. The molecule has 1 aromatic heterocycles. The van der Waals surface area contributed by atoms with E-state index in [1.807, 2.05) is 12.1 Å². The summed E-state index contributed by atoms with van der Waals surface area (Å²) in [6.07, 6.45) is 1.50. The van der Waals surface area contributed by atoms with Gasteiger partial charge in [0.2, 0.25) is 5.91 Å². The number of nitrogens with one attached hydrogen (secondary N) is 1. The lowest BCUT2D eigenvalue weighted by Crippen LogP contribution is -2.14. The number of hydrogen-bond acceptors (Lipinski definition) is 4. The van der Waals surface area contributed by atoms with Crippen LogP contribution >= 0.6 is 0 Å². The van der Waals surface area contributed by atoms with Crippen LogP contribution in [0.1, 0.15) is 16.1 Å². The first-order valence-corrected chi connectivity index (χ1v) is 6.20. The lowest BCUT2D eigenvalue weighted by Gasteiger charge is -2.06. The number of carbonyl (C=O) groups is 2. The number of carboxylic acid groups (broad SMARTS) is 1. The van der Waals surface area contributed by atoms with Gasteiger partial charge >= 0.3 is 5.97 Å². The first-order chi connectivity index (χ1) is 10.1. The second-order valence-electron chi connectivity index (χ2n) is 4.31. The molecule has 0 saturated carbocycles. The van der Waals surface area contributed by atoms with E-state index in [4.69, 9.17) is 9.84 Å². The number of hydrogen-bond donors (Lipinski definition) is 2. The molecule has 0 bridgehead atoms. The van der Waals surface area contributed by atoms with Crippen molar-refractivity contribution < 1.29 is 19.4 Å². The van der Waals surface area contributed by atoms with Crippen LogP contribution in [0.5, 0.6) is 5.75 Å². The summed E-state index contributed by atoms with van der Waals surface area (Å²) in [5.74, 6) is -0.634. The Kier molecular flexibility index (Phi) is 4.50. The van der Waals surface area contributed by atoms with Gasteiger partial charge in [-0.15, -0.1) is 0 Å². The molecule has 0 unspecified atom stereocenters. The number of pyridine rings is 1. The van der Waals surface area contributed by atoms with Crippen LogP contribution in [0, 0.1) is 0 Å². The van der Waals surface area contributed by atoms with Gasteiger partial charge in [-0.05, 0) is 29.8 Å². The van der Waals surface area contributed by atoms with E-state index in [1.54, 1.807) is 19.2 Å². The average Bonchev–Trinajstić information content (AvgIpc) is 2.47. The van der Waals surface area contributed by atoms with Gasteiger partial charge in [-0.2, -0.15) is 0 Å². The van der Waals surface area contributed by atoms with E-state index >= 15 is 0 Å². The van der Waals surface area contributed by atoms with Crippen molar-refractivity contribution in [3.05, 3.63) is 53.9 Å². The van der Waals surface area contributed by atoms with Crippen LogP contribution in [0.3, 0.4) is 0 Å². The number of aromatic nitrogens is 1. The predicted molar refractivity (Wildman–Crippen MR) is 76.5 cm³/mol. The largest absolute Gasteiger partial charge is 0.497 e. The maximum absolute atomic E-state index is 11.9. The van der Waals surface area contributed by atoms with Crippen LogP contribution in [0.2, 0.25) is 0 Å². The number of aromatic carboxylic acids is 1. The van der Waals surface area contributed by atoms with Gasteiger partial charge in [0.05, 0.1) is 25.4 Å². The lowest BCUT2D eigenvalue weighted by atomic mass is 10.1. The molecule has 0 aliphatic heterocycles. The fraction of sp³-hybridized carbons (Fsp3) is 0.133. The van der Waals surface area contributed by atoms with Gasteiger partial charge in [0.1, 0.15) is 11.4 Å². The summed E-state index contributed by atoms with van der Waals surface area (Å²) in [6.45, 7) is 0. The molecule has 0 fully saturated rings. The minimum absolute atomic E-state index is 0.0687. The molecule has 6 heteroatoms. The molecular formula is C15H14N2O4. The molecule has 0 aliphatic rings. The Hall–Kier alpha value is -2.89. The predicted octanol–water partition coefficient (Wildman–Crippen LogP) is 1.97. The number of amides is 1. The SMILES string of the molecule is COc1cccc(CC(=O)Nc2ccc(C(=O)O)nc2)c1. The highest BCUT2D eigenvalue weighted by molar-refractivity contribution is 5.92. The Bertz CT molecular complexity index is 653. The molecule has 0 radical (unpaired) electrons. The van der Waals surface area contributed by atoms with E-state index in [9.17, 15) is 9.59 Å². The fourth-order valence-electron chi connectivity index (χ4n) is 1.77. The van der Waals surface area contributed by atoms with Gasteiger partial charge in [0, 0.05) is 0 Å². The molecule has 0 spiro atoms. The van der Waals surface area contributed by atoms with E-state index < -0.39 is 5.97 Å². The Labute approximate surface area is 121 Å². The second kappa shape index (κ2) is 6.51. The van der Waals surface area contributed by atoms with Crippen molar-refractivity contribution in [2.45, 2.75) is 6.42 Å². The zero-order valence-corrected chi connectivity index (χ0v) is 11.4. The van der Waals surface area contributed by atoms with Crippen molar-refractivity contribution in [2.75, 3.05) is 12.4 Å². The highest BCUT2D eigenvalue weighted by Crippen LogP contribution is 2.14. The summed E-state index contributed by atoms with van der Waals surface area (Å²) in [7, 11) is 1.56. The van der Waals surface area contributed by atoms with Crippen molar-refractivity contribution in [3.8, 4) is 5.75 Å². The topological polar surface area (TPSA) is 88.5 Å². The fourth-order valence-corrected chi connectivity index (χ4v) is 1.77. The first-order valence-electron chi connectivity index (χ1n) is 6.20. The van der Waals surface area contributed by atoms with Crippen molar-refractivity contribution in [2.24, 2.45) is 0 Å². The van der Waals surface area contributed by atoms with Crippen LogP contribution in [0.4, 0.5) is 5.69 Å². The van der Waals surface area contributed by atoms with Crippen LogP contribution < -0.4 is 10.1 Å². The van der Waals surface area contributed by atoms with Crippen LogP contribution in [-0.2, 0) is 11.2 Å². The molecule has 2 N–H and O–H groups in total. The Balaban J connectivity index is 1.99. The molecule has 2 aromatic rings. The highest BCUT2D eigenvalue weighted by atomic mass is 16.5. The monoisotopic (exact) mass is 286 g/mol. The molecule has 1 amide bonds. The third-order valence-electron chi connectivity index (χ3n) is 2.77. The number of methoxy groups -OCH3 is 1. The molecule has 0 saturated heterocycles. The van der Waals surface area contributed by atoms with Crippen molar-refractivity contribution >= 4 is 17.6 Å². The zero-order valence-electron chi connectivity index (χ0n) is 11.4. The molecule has 21 heavy (non-hydrogen) atoms. The summed E-state index contributed by atoms with van der Waals surface area (Å²) < 4.78 is 5.09. The quantitative estimate of drug-likeness (QED) is 0.877. The van der Waals surface area contributed by atoms with Crippen LogP contribution in [0.15, 0.2) is 42.6 Å². The average molecular weight is 286 g/mol. The van der Waals surface area contributed by atoms with E-state index in [0.29, 0.717) is 11.4 Å². The maximum atomic E-state index is 11.9. The van der Waals surface area contributed by atoms with Gasteiger partial charge in [0.15, 0.2) is 0 Å². The van der Waals surface area contributed by atoms with E-state index in [0.717, 1.165) is 5.56 Å². The van der Waals surface area contributed by atoms with E-state index in [-0.39, 0.29) is 18.0 Å². The maximum Gasteiger partial charge on any atom is 0.354 e. The molecule has 108 valence electrons. The first kappa shape index (κ1) is 14.5. The molecule has 1 aromatic carbocycles. The number of carboxylic acids is 1. The third kappa shape index (κ3) is 4.04. The number of nitrogens with zero attached hydrogens (tertiary/aromatic N) is 1. The molecule has 6 nitrogen and oxygen atoms in total. The smallest absolute Gasteiger partial charge is 0.354 e. The van der Waals surface area contributed by atoms with Crippen molar-refractivity contribution in [1.82, 2.24) is 4.98 Å². The summed E-state index contributed by atoms with van der Waals surface area (Å²) >= 11 is 0. The highest BCUT2D eigenvalue weighted by Gasteiger charge is 2.07. The van der Waals surface area contributed by atoms with Crippen molar-refractivity contribution in [3.63, 3.8) is 0 Å². The summed E-state index contributed by atoms with van der Waals surface area (Å²) in [5.41, 5.74) is 1.20. The Morgan fingerprint density at radius 2 is 2.10 bits per heavy atom. The second-order valence-corrected chi connectivity index (χ2v) is 4.31. The Morgan fingerprint density at radius 1 is 1.29 bits per heavy atom. The number of ether oxygens (including phenoxy) is 1. The van der Waals surface area contributed by atoms with Crippen molar-refractivity contribution in [1.29, 1.82) is 0 Å². The van der Waals surface area contributed by atoms with E-state index in [1.165, 1.54) is 18.3 Å². The van der Waals surface area contributed by atoms with Gasteiger partial charge in [0.25, 0.3) is 0 Å². The minimum atomic E-state index is -1.11. The molecule has 0 aliphatic carbocycles. The van der Waals surface area contributed by atoms with Crippen LogP contribution in [-0.4, -0.2) is 29.1 Å². The lowest BCUT2D eigenvalue weighted by molar-refractivity contribution is -0.115. The van der Waals surface area contributed by atoms with E-state index in [2.05, 4.69) is 10.3 Å². The number of rotatable bonds is 5.